The normalized spacial score (nSPS) is 11.4. The molecule has 0 spiro atoms. The summed E-state index contributed by atoms with van der Waals surface area (Å²) in [6.45, 7) is 1.82. The summed E-state index contributed by atoms with van der Waals surface area (Å²) in [6, 6.07) is 0. The highest BCUT2D eigenvalue weighted by molar-refractivity contribution is 9.10. The van der Waals surface area contributed by atoms with Gasteiger partial charge in [0, 0.05) is 5.38 Å². The molecule has 0 atom stereocenters. The molecule has 1 aromatic heterocycles. The van der Waals surface area contributed by atoms with E-state index in [0.29, 0.717) is 0 Å². The van der Waals surface area contributed by atoms with Crippen molar-refractivity contribution in [3.63, 3.8) is 0 Å². The monoisotopic (exact) mass is 278 g/mol. The number of aromatic nitrogens is 1. The maximum Gasteiger partial charge on any atom is 0.184 e. The Hall–Kier alpha value is -0.530. The summed E-state index contributed by atoms with van der Waals surface area (Å²) in [7, 11) is 0. The fourth-order valence-corrected chi connectivity index (χ4v) is 2.04. The van der Waals surface area contributed by atoms with Crippen molar-refractivity contribution in [3.05, 3.63) is 15.5 Å². The second-order valence-corrected chi connectivity index (χ2v) is 4.11. The lowest BCUT2D eigenvalue weighted by Gasteiger charge is -1.98. The van der Waals surface area contributed by atoms with Gasteiger partial charge in [-0.3, -0.25) is 5.43 Å². The van der Waals surface area contributed by atoms with Gasteiger partial charge >= 0.3 is 0 Å². The molecule has 0 aliphatic carbocycles. The van der Waals surface area contributed by atoms with Crippen molar-refractivity contribution in [3.8, 4) is 0 Å². The van der Waals surface area contributed by atoms with E-state index in [0.717, 1.165) is 15.9 Å². The summed E-state index contributed by atoms with van der Waals surface area (Å²) in [4.78, 5) is 0. The molecule has 70 valence electrons. The Morgan fingerprint density at radius 3 is 3.00 bits per heavy atom. The van der Waals surface area contributed by atoms with Crippen LogP contribution in [0.4, 0.5) is 0 Å². The number of hydrogen-bond acceptors (Lipinski definition) is 4. The summed E-state index contributed by atoms with van der Waals surface area (Å²) in [6.07, 6.45) is 0. The molecule has 0 radical (unpaired) electrons. The molecule has 0 fully saturated rings. The van der Waals surface area contributed by atoms with E-state index in [1.54, 1.807) is 0 Å². The number of halogens is 1. The largest absolute Gasteiger partial charge is 0.375 e. The molecule has 0 saturated heterocycles. The van der Waals surface area contributed by atoms with Crippen molar-refractivity contribution < 1.29 is 0 Å². The van der Waals surface area contributed by atoms with Crippen LogP contribution in [0.5, 0.6) is 0 Å². The molecular formula is C6H7BrN4S2. The SMILES string of the molecule is CC(=NNC(N)=S)c1nscc1Br. The lowest BCUT2D eigenvalue weighted by molar-refractivity contribution is 1.03. The molecule has 0 aliphatic heterocycles. The van der Waals surface area contributed by atoms with Crippen molar-refractivity contribution in [2.24, 2.45) is 10.8 Å². The van der Waals surface area contributed by atoms with E-state index >= 15 is 0 Å². The second kappa shape index (κ2) is 4.64. The van der Waals surface area contributed by atoms with E-state index in [1.807, 2.05) is 12.3 Å². The summed E-state index contributed by atoms with van der Waals surface area (Å²) < 4.78 is 5.05. The first-order valence-electron chi connectivity index (χ1n) is 3.31. The van der Waals surface area contributed by atoms with Crippen LogP contribution >= 0.6 is 39.7 Å². The van der Waals surface area contributed by atoms with Crippen molar-refractivity contribution >= 4 is 50.5 Å². The third-order valence-electron chi connectivity index (χ3n) is 1.20. The van der Waals surface area contributed by atoms with Gasteiger partial charge in [-0.1, -0.05) is 0 Å². The molecule has 1 rings (SSSR count). The highest BCUT2D eigenvalue weighted by Gasteiger charge is 2.05. The van der Waals surface area contributed by atoms with Crippen molar-refractivity contribution in [1.29, 1.82) is 0 Å². The Morgan fingerprint density at radius 1 is 1.85 bits per heavy atom. The van der Waals surface area contributed by atoms with E-state index in [9.17, 15) is 0 Å². The Bertz CT molecular complexity index is 346. The molecule has 0 bridgehead atoms. The molecule has 0 amide bonds. The Morgan fingerprint density at radius 2 is 2.54 bits per heavy atom. The second-order valence-electron chi connectivity index (χ2n) is 2.18. The predicted octanol–water partition coefficient (Wildman–Crippen LogP) is 1.46. The Kier molecular flexibility index (Phi) is 3.76. The highest BCUT2D eigenvalue weighted by Crippen LogP contribution is 2.17. The van der Waals surface area contributed by atoms with Crippen molar-refractivity contribution in [2.75, 3.05) is 0 Å². The zero-order valence-corrected chi connectivity index (χ0v) is 9.96. The summed E-state index contributed by atoms with van der Waals surface area (Å²) >= 11 is 9.31. The maximum atomic E-state index is 5.22. The van der Waals surface area contributed by atoms with Gasteiger partial charge in [0.25, 0.3) is 0 Å². The maximum absolute atomic E-state index is 5.22. The van der Waals surface area contributed by atoms with Crippen LogP contribution in [0.2, 0.25) is 0 Å². The van der Waals surface area contributed by atoms with Crippen LogP contribution in [0, 0.1) is 0 Å². The molecule has 0 aromatic carbocycles. The fraction of sp³-hybridized carbons (Fsp3) is 0.167. The molecule has 1 aromatic rings. The van der Waals surface area contributed by atoms with Gasteiger partial charge in [0.2, 0.25) is 0 Å². The number of hydrogen-bond donors (Lipinski definition) is 2. The summed E-state index contributed by atoms with van der Waals surface area (Å²) in [5.74, 6) is 0. The summed E-state index contributed by atoms with van der Waals surface area (Å²) in [5.41, 5.74) is 9.25. The van der Waals surface area contributed by atoms with Crippen molar-refractivity contribution in [2.45, 2.75) is 6.92 Å². The zero-order chi connectivity index (χ0) is 9.84. The lowest BCUT2D eigenvalue weighted by atomic mass is 10.3. The van der Waals surface area contributed by atoms with E-state index in [4.69, 9.17) is 5.73 Å². The molecule has 7 heteroatoms. The predicted molar refractivity (Wildman–Crippen MR) is 61.9 cm³/mol. The minimum absolute atomic E-state index is 0.144. The zero-order valence-electron chi connectivity index (χ0n) is 6.74. The van der Waals surface area contributed by atoms with Gasteiger partial charge in [0.15, 0.2) is 5.11 Å². The van der Waals surface area contributed by atoms with Gasteiger partial charge in [0.1, 0.15) is 5.69 Å². The lowest BCUT2D eigenvalue weighted by Crippen LogP contribution is -2.25. The fourth-order valence-electron chi connectivity index (χ4n) is 0.656. The standard InChI is InChI=1S/C6H7BrN4S2/c1-3(9-10-6(8)12)5-4(7)2-13-11-5/h2H,1H3,(H3,8,10,12). The van der Waals surface area contributed by atoms with Crippen LogP contribution in [-0.2, 0) is 0 Å². The molecule has 4 nitrogen and oxygen atoms in total. The minimum atomic E-state index is 0.144. The first kappa shape index (κ1) is 10.6. The first-order chi connectivity index (χ1) is 6.11. The number of nitrogens with two attached hydrogens (primary N) is 1. The molecule has 0 aliphatic rings. The van der Waals surface area contributed by atoms with Crippen LogP contribution < -0.4 is 11.2 Å². The van der Waals surface area contributed by atoms with E-state index in [1.165, 1.54) is 11.5 Å². The van der Waals surface area contributed by atoms with Gasteiger partial charge in [-0.25, -0.2) is 0 Å². The van der Waals surface area contributed by atoms with Gasteiger partial charge < -0.3 is 5.73 Å². The van der Waals surface area contributed by atoms with Crippen LogP contribution in [0.3, 0.4) is 0 Å². The molecule has 0 saturated carbocycles. The van der Waals surface area contributed by atoms with E-state index < -0.39 is 0 Å². The highest BCUT2D eigenvalue weighted by atomic mass is 79.9. The van der Waals surface area contributed by atoms with Crippen LogP contribution in [-0.4, -0.2) is 15.2 Å². The van der Waals surface area contributed by atoms with Crippen LogP contribution in [0.1, 0.15) is 12.6 Å². The third-order valence-corrected chi connectivity index (χ3v) is 2.83. The molecular weight excluding hydrogens is 272 g/mol. The van der Waals surface area contributed by atoms with Gasteiger partial charge in [0.05, 0.1) is 10.2 Å². The third kappa shape index (κ3) is 3.02. The Labute approximate surface area is 93.5 Å². The smallest absolute Gasteiger partial charge is 0.184 e. The quantitative estimate of drug-likeness (QED) is 0.489. The van der Waals surface area contributed by atoms with Crippen LogP contribution in [0.25, 0.3) is 0 Å². The van der Waals surface area contributed by atoms with Gasteiger partial charge in [-0.05, 0) is 46.6 Å². The molecule has 1 heterocycles. The molecule has 0 unspecified atom stereocenters. The summed E-state index contributed by atoms with van der Waals surface area (Å²) in [5, 5.41) is 5.97. The number of hydrazone groups is 1. The average Bonchev–Trinajstić information content (AvgIpc) is 2.47. The van der Waals surface area contributed by atoms with Gasteiger partial charge in [-0.15, -0.1) is 0 Å². The van der Waals surface area contributed by atoms with E-state index in [2.05, 4.69) is 43.0 Å². The molecule has 13 heavy (non-hydrogen) atoms. The number of nitrogens with zero attached hydrogens (tertiary/aromatic N) is 2. The Balaban J connectivity index is 2.78. The first-order valence-corrected chi connectivity index (χ1v) is 5.35. The number of nitrogens with one attached hydrogen (secondary N) is 1. The number of rotatable bonds is 2. The van der Waals surface area contributed by atoms with E-state index in [-0.39, 0.29) is 5.11 Å². The van der Waals surface area contributed by atoms with Crippen molar-refractivity contribution in [1.82, 2.24) is 9.80 Å². The molecule has 3 N–H and O–H groups in total. The minimum Gasteiger partial charge on any atom is -0.375 e. The van der Waals surface area contributed by atoms with Gasteiger partial charge in [-0.2, -0.15) is 9.47 Å². The average molecular weight is 279 g/mol. The van der Waals surface area contributed by atoms with Crippen LogP contribution in [0.15, 0.2) is 15.0 Å². The number of thiocarbonyl (C=S) groups is 1. The topological polar surface area (TPSA) is 63.3 Å².